The summed E-state index contributed by atoms with van der Waals surface area (Å²) in [6.07, 6.45) is 0. The lowest BCUT2D eigenvalue weighted by Gasteiger charge is -2.12. The maximum Gasteiger partial charge on any atom is 0.257 e. The number of hydrogen-bond acceptors (Lipinski definition) is 5. The third-order valence-electron chi connectivity index (χ3n) is 5.49. The first-order chi connectivity index (χ1) is 16.7. The monoisotopic (exact) mass is 507 g/mol. The average Bonchev–Trinajstić information content (AvgIpc) is 3.23. The van der Waals surface area contributed by atoms with Crippen molar-refractivity contribution in [2.24, 2.45) is 0 Å². The first kappa shape index (κ1) is 24.6. The summed E-state index contributed by atoms with van der Waals surface area (Å²) in [6, 6.07) is 16.8. The largest absolute Gasteiger partial charge is 0.492 e. The van der Waals surface area contributed by atoms with Crippen LogP contribution in [0.2, 0.25) is 5.02 Å². The molecule has 1 heterocycles. The molecular formula is C26H26ClN5O2S. The van der Waals surface area contributed by atoms with Crippen molar-refractivity contribution < 1.29 is 9.53 Å². The first-order valence-electron chi connectivity index (χ1n) is 11.3. The van der Waals surface area contributed by atoms with Crippen LogP contribution in [0.1, 0.15) is 48.2 Å². The SMILES string of the molecule is CCOc1ccc(C(=O)NC(=S)Nc2cc3nn(-c4ccc(C(C)C)cc4)nc3cc2C)cc1Cl. The van der Waals surface area contributed by atoms with Gasteiger partial charge in [0.2, 0.25) is 0 Å². The molecule has 4 aromatic rings. The van der Waals surface area contributed by atoms with Crippen LogP contribution in [0.3, 0.4) is 0 Å². The number of anilines is 1. The summed E-state index contributed by atoms with van der Waals surface area (Å²) in [7, 11) is 0. The Kier molecular flexibility index (Phi) is 7.33. The number of fused-ring (bicyclic) bond motifs is 1. The molecule has 3 aromatic carbocycles. The number of halogens is 1. The predicted octanol–water partition coefficient (Wildman–Crippen LogP) is 6.03. The topological polar surface area (TPSA) is 81.1 Å². The fourth-order valence-corrected chi connectivity index (χ4v) is 3.99. The maximum absolute atomic E-state index is 12.6. The van der Waals surface area contributed by atoms with Crippen molar-refractivity contribution in [3.63, 3.8) is 0 Å². The van der Waals surface area contributed by atoms with E-state index in [0.29, 0.717) is 34.4 Å². The summed E-state index contributed by atoms with van der Waals surface area (Å²) in [6.45, 7) is 8.61. The number of ether oxygens (including phenoxy) is 1. The van der Waals surface area contributed by atoms with Crippen molar-refractivity contribution in [3.8, 4) is 11.4 Å². The van der Waals surface area contributed by atoms with Gasteiger partial charge in [-0.25, -0.2) is 0 Å². The van der Waals surface area contributed by atoms with E-state index >= 15 is 0 Å². The smallest absolute Gasteiger partial charge is 0.257 e. The van der Waals surface area contributed by atoms with Crippen LogP contribution in [-0.2, 0) is 0 Å². The fourth-order valence-electron chi connectivity index (χ4n) is 3.55. The van der Waals surface area contributed by atoms with Gasteiger partial charge in [-0.2, -0.15) is 4.80 Å². The zero-order chi connectivity index (χ0) is 25.1. The summed E-state index contributed by atoms with van der Waals surface area (Å²) in [5.74, 6) is 0.613. The van der Waals surface area contributed by atoms with E-state index in [0.717, 1.165) is 22.5 Å². The molecule has 7 nitrogen and oxygen atoms in total. The van der Waals surface area contributed by atoms with Gasteiger partial charge in [0.25, 0.3) is 5.91 Å². The van der Waals surface area contributed by atoms with E-state index in [1.165, 1.54) is 5.56 Å². The lowest BCUT2D eigenvalue weighted by molar-refractivity contribution is 0.0977. The van der Waals surface area contributed by atoms with E-state index in [-0.39, 0.29) is 11.0 Å². The molecule has 1 aromatic heterocycles. The Morgan fingerprint density at radius 3 is 2.40 bits per heavy atom. The normalized spacial score (nSPS) is 11.0. The Hall–Kier alpha value is -3.49. The highest BCUT2D eigenvalue weighted by atomic mass is 35.5. The van der Waals surface area contributed by atoms with Gasteiger partial charge in [0.1, 0.15) is 16.8 Å². The second kappa shape index (κ2) is 10.4. The van der Waals surface area contributed by atoms with Crippen molar-refractivity contribution in [1.29, 1.82) is 0 Å². The molecule has 9 heteroatoms. The number of nitrogens with zero attached hydrogens (tertiary/aromatic N) is 3. The number of nitrogens with one attached hydrogen (secondary N) is 2. The fraction of sp³-hybridized carbons (Fsp3) is 0.231. The quantitative estimate of drug-likeness (QED) is 0.310. The van der Waals surface area contributed by atoms with Crippen molar-refractivity contribution >= 4 is 51.6 Å². The number of carbonyl (C=O) groups is 1. The Labute approximate surface area is 214 Å². The highest BCUT2D eigenvalue weighted by Gasteiger charge is 2.13. The number of aromatic nitrogens is 3. The van der Waals surface area contributed by atoms with Crippen LogP contribution in [-0.4, -0.2) is 32.6 Å². The Morgan fingerprint density at radius 1 is 1.09 bits per heavy atom. The van der Waals surface area contributed by atoms with E-state index in [2.05, 4.69) is 46.8 Å². The number of benzene rings is 3. The Morgan fingerprint density at radius 2 is 1.77 bits per heavy atom. The lowest BCUT2D eigenvalue weighted by Crippen LogP contribution is -2.34. The molecule has 0 saturated carbocycles. The minimum absolute atomic E-state index is 0.166. The van der Waals surface area contributed by atoms with Gasteiger partial charge in [0, 0.05) is 11.3 Å². The van der Waals surface area contributed by atoms with Gasteiger partial charge >= 0.3 is 0 Å². The van der Waals surface area contributed by atoms with Crippen molar-refractivity contribution in [2.45, 2.75) is 33.6 Å². The van der Waals surface area contributed by atoms with Crippen molar-refractivity contribution in [2.75, 3.05) is 11.9 Å². The van der Waals surface area contributed by atoms with Gasteiger partial charge in [-0.1, -0.05) is 37.6 Å². The van der Waals surface area contributed by atoms with Gasteiger partial charge in [0.05, 0.1) is 17.3 Å². The van der Waals surface area contributed by atoms with Crippen molar-refractivity contribution in [3.05, 3.63) is 76.3 Å². The van der Waals surface area contributed by atoms with Crippen LogP contribution in [0.5, 0.6) is 5.75 Å². The molecule has 0 aliphatic heterocycles. The predicted molar refractivity (Wildman–Crippen MR) is 144 cm³/mol. The summed E-state index contributed by atoms with van der Waals surface area (Å²) in [4.78, 5) is 14.2. The first-order valence-corrected chi connectivity index (χ1v) is 12.1. The molecule has 35 heavy (non-hydrogen) atoms. The van der Waals surface area contributed by atoms with E-state index in [1.807, 2.05) is 38.1 Å². The number of hydrogen-bond donors (Lipinski definition) is 2. The minimum Gasteiger partial charge on any atom is -0.492 e. The second-order valence-electron chi connectivity index (χ2n) is 8.38. The minimum atomic E-state index is -0.373. The van der Waals surface area contributed by atoms with Gasteiger partial charge in [0.15, 0.2) is 5.11 Å². The molecule has 0 spiro atoms. The van der Waals surface area contributed by atoms with E-state index in [9.17, 15) is 4.79 Å². The number of thiocarbonyl (C=S) groups is 1. The van der Waals surface area contributed by atoms with Gasteiger partial charge in [-0.3, -0.25) is 10.1 Å². The lowest BCUT2D eigenvalue weighted by atomic mass is 10.0. The highest BCUT2D eigenvalue weighted by molar-refractivity contribution is 7.80. The van der Waals surface area contributed by atoms with Gasteiger partial charge in [-0.15, -0.1) is 10.2 Å². The van der Waals surface area contributed by atoms with Crippen LogP contribution >= 0.6 is 23.8 Å². The number of aryl methyl sites for hydroxylation is 1. The summed E-state index contributed by atoms with van der Waals surface area (Å²) >= 11 is 11.6. The third-order valence-corrected chi connectivity index (χ3v) is 5.99. The standard InChI is InChI=1S/C26H26ClN5O2S/c1-5-34-24-11-8-18(13-20(24)27)25(33)29-26(35)28-21-14-23-22(12-16(21)4)30-32(31-23)19-9-6-17(7-10-19)15(2)3/h6-15H,5H2,1-4H3,(H2,28,29,33,35). The van der Waals surface area contributed by atoms with Gasteiger partial charge < -0.3 is 10.1 Å². The molecule has 0 atom stereocenters. The average molecular weight is 508 g/mol. The molecule has 0 unspecified atom stereocenters. The van der Waals surface area contributed by atoms with Crippen LogP contribution in [0.15, 0.2) is 54.6 Å². The highest BCUT2D eigenvalue weighted by Crippen LogP contribution is 2.26. The second-order valence-corrected chi connectivity index (χ2v) is 9.19. The number of rotatable bonds is 6. The summed E-state index contributed by atoms with van der Waals surface area (Å²) in [5.41, 5.74) is 5.64. The molecule has 180 valence electrons. The number of amides is 1. The van der Waals surface area contributed by atoms with Crippen LogP contribution in [0, 0.1) is 6.92 Å². The molecule has 0 radical (unpaired) electrons. The van der Waals surface area contributed by atoms with Crippen LogP contribution in [0.25, 0.3) is 16.7 Å². The third kappa shape index (κ3) is 5.61. The summed E-state index contributed by atoms with van der Waals surface area (Å²) in [5, 5.41) is 15.5. The molecule has 4 rings (SSSR count). The molecule has 0 aliphatic rings. The molecule has 1 amide bonds. The maximum atomic E-state index is 12.6. The molecule has 0 saturated heterocycles. The molecule has 2 N–H and O–H groups in total. The molecule has 0 fully saturated rings. The van der Waals surface area contributed by atoms with Gasteiger partial charge in [-0.05, 0) is 85.6 Å². The number of carbonyl (C=O) groups excluding carboxylic acids is 1. The van der Waals surface area contributed by atoms with E-state index in [1.54, 1.807) is 23.0 Å². The van der Waals surface area contributed by atoms with E-state index in [4.69, 9.17) is 28.6 Å². The zero-order valence-corrected chi connectivity index (χ0v) is 21.5. The van der Waals surface area contributed by atoms with E-state index < -0.39 is 0 Å². The Bertz CT molecular complexity index is 1400. The molecular weight excluding hydrogens is 482 g/mol. The molecule has 0 bridgehead atoms. The van der Waals surface area contributed by atoms with Crippen LogP contribution < -0.4 is 15.4 Å². The molecule has 0 aliphatic carbocycles. The zero-order valence-electron chi connectivity index (χ0n) is 19.9. The summed E-state index contributed by atoms with van der Waals surface area (Å²) < 4.78 is 5.41. The van der Waals surface area contributed by atoms with Crippen LogP contribution in [0.4, 0.5) is 5.69 Å². The van der Waals surface area contributed by atoms with Crippen molar-refractivity contribution in [1.82, 2.24) is 20.3 Å². The Balaban J connectivity index is 1.48.